The molecule has 3 rings (SSSR count). The van der Waals surface area contributed by atoms with Crippen molar-refractivity contribution in [1.82, 2.24) is 0 Å². The van der Waals surface area contributed by atoms with Crippen molar-refractivity contribution in [2.24, 2.45) is 0 Å². The predicted molar refractivity (Wildman–Crippen MR) is 102 cm³/mol. The summed E-state index contributed by atoms with van der Waals surface area (Å²) in [4.78, 5) is 0.154. The Balaban J connectivity index is 2.07. The summed E-state index contributed by atoms with van der Waals surface area (Å²) >= 11 is 5.91. The Morgan fingerprint density at radius 1 is 0.962 bits per heavy atom. The standard InChI is InChI=1S/C20H17ClFNO2S/c1-15-5-11-20(12-6-15)26(24,25)23(19-4-2-3-18(22)13-19)14-16-7-9-17(21)10-8-16/h2-13H,14H2,1H3. The third kappa shape index (κ3) is 4.06. The highest BCUT2D eigenvalue weighted by atomic mass is 35.5. The lowest BCUT2D eigenvalue weighted by Gasteiger charge is -2.25. The van der Waals surface area contributed by atoms with Crippen molar-refractivity contribution in [3.05, 3.63) is 94.8 Å². The van der Waals surface area contributed by atoms with Gasteiger partial charge in [-0.2, -0.15) is 0 Å². The maximum Gasteiger partial charge on any atom is 0.264 e. The number of sulfonamides is 1. The van der Waals surface area contributed by atoms with Crippen LogP contribution >= 0.6 is 11.6 Å². The molecule has 0 radical (unpaired) electrons. The quantitative estimate of drug-likeness (QED) is 0.602. The van der Waals surface area contributed by atoms with E-state index in [1.165, 1.54) is 22.5 Å². The molecule has 0 fully saturated rings. The number of halogens is 2. The van der Waals surface area contributed by atoms with Crippen molar-refractivity contribution in [2.75, 3.05) is 4.31 Å². The second kappa shape index (κ2) is 7.48. The van der Waals surface area contributed by atoms with Crippen molar-refractivity contribution >= 4 is 27.3 Å². The van der Waals surface area contributed by atoms with Crippen LogP contribution in [0.5, 0.6) is 0 Å². The Kier molecular flexibility index (Phi) is 5.30. The van der Waals surface area contributed by atoms with Crippen molar-refractivity contribution in [3.8, 4) is 0 Å². The Bertz CT molecular complexity index is 1000. The molecule has 0 unspecified atom stereocenters. The number of nitrogens with zero attached hydrogens (tertiary/aromatic N) is 1. The fraction of sp³-hybridized carbons (Fsp3) is 0.100. The van der Waals surface area contributed by atoms with E-state index in [0.717, 1.165) is 11.1 Å². The van der Waals surface area contributed by atoms with E-state index in [2.05, 4.69) is 0 Å². The molecule has 0 aliphatic carbocycles. The van der Waals surface area contributed by atoms with Crippen molar-refractivity contribution in [1.29, 1.82) is 0 Å². The lowest BCUT2D eigenvalue weighted by atomic mass is 10.2. The molecule has 134 valence electrons. The van der Waals surface area contributed by atoms with Gasteiger partial charge in [0.2, 0.25) is 0 Å². The van der Waals surface area contributed by atoms with E-state index in [-0.39, 0.29) is 17.1 Å². The molecular formula is C20H17ClFNO2S. The van der Waals surface area contributed by atoms with E-state index in [9.17, 15) is 12.8 Å². The largest absolute Gasteiger partial charge is 0.264 e. The van der Waals surface area contributed by atoms with E-state index >= 15 is 0 Å². The third-order valence-electron chi connectivity index (χ3n) is 3.94. The van der Waals surface area contributed by atoms with Crippen LogP contribution in [0.4, 0.5) is 10.1 Å². The summed E-state index contributed by atoms with van der Waals surface area (Å²) < 4.78 is 41.3. The number of anilines is 1. The van der Waals surface area contributed by atoms with Gasteiger partial charge in [-0.05, 0) is 55.0 Å². The molecule has 6 heteroatoms. The van der Waals surface area contributed by atoms with Gasteiger partial charge in [0, 0.05) is 5.02 Å². The average molecular weight is 390 g/mol. The summed E-state index contributed by atoms with van der Waals surface area (Å²) in [5.74, 6) is -0.497. The lowest BCUT2D eigenvalue weighted by molar-refractivity contribution is 0.590. The van der Waals surface area contributed by atoms with E-state index in [0.29, 0.717) is 5.02 Å². The maximum absolute atomic E-state index is 13.7. The zero-order valence-corrected chi connectivity index (χ0v) is 15.6. The van der Waals surface area contributed by atoms with Crippen molar-refractivity contribution < 1.29 is 12.8 Å². The molecule has 26 heavy (non-hydrogen) atoms. The van der Waals surface area contributed by atoms with E-state index in [1.807, 2.05) is 6.92 Å². The normalized spacial score (nSPS) is 11.3. The minimum Gasteiger partial charge on any atom is -0.262 e. The fourth-order valence-electron chi connectivity index (χ4n) is 2.54. The molecule has 0 N–H and O–H groups in total. The van der Waals surface area contributed by atoms with Gasteiger partial charge >= 0.3 is 0 Å². The molecular weight excluding hydrogens is 373 g/mol. The summed E-state index contributed by atoms with van der Waals surface area (Å²) in [6.07, 6.45) is 0. The Labute approximate surface area is 157 Å². The molecule has 0 aliphatic rings. The predicted octanol–water partition coefficient (Wildman–Crippen LogP) is 5.18. The summed E-state index contributed by atoms with van der Waals surface area (Å²) in [5.41, 5.74) is 1.97. The van der Waals surface area contributed by atoms with Gasteiger partial charge in [-0.15, -0.1) is 0 Å². The summed E-state index contributed by atoms with van der Waals surface area (Å²) in [7, 11) is -3.86. The van der Waals surface area contributed by atoms with Crippen LogP contribution in [0, 0.1) is 12.7 Å². The monoisotopic (exact) mass is 389 g/mol. The van der Waals surface area contributed by atoms with Crippen molar-refractivity contribution in [2.45, 2.75) is 18.4 Å². The van der Waals surface area contributed by atoms with Crippen LogP contribution in [0.1, 0.15) is 11.1 Å². The zero-order chi connectivity index (χ0) is 18.7. The highest BCUT2D eigenvalue weighted by molar-refractivity contribution is 7.92. The molecule has 0 aliphatic heterocycles. The molecule has 0 heterocycles. The van der Waals surface area contributed by atoms with E-state index in [1.54, 1.807) is 54.6 Å². The fourth-order valence-corrected chi connectivity index (χ4v) is 4.11. The third-order valence-corrected chi connectivity index (χ3v) is 5.98. The molecule has 0 atom stereocenters. The maximum atomic E-state index is 13.7. The first-order chi connectivity index (χ1) is 12.4. The van der Waals surface area contributed by atoms with Crippen LogP contribution < -0.4 is 4.31 Å². The second-order valence-electron chi connectivity index (χ2n) is 5.93. The molecule has 0 saturated carbocycles. The minimum absolute atomic E-state index is 0.0663. The molecule has 3 nitrogen and oxygen atoms in total. The Hall–Kier alpha value is -2.37. The van der Waals surface area contributed by atoms with E-state index in [4.69, 9.17) is 11.6 Å². The number of hydrogen-bond acceptors (Lipinski definition) is 2. The SMILES string of the molecule is Cc1ccc(S(=O)(=O)N(Cc2ccc(Cl)cc2)c2cccc(F)c2)cc1. The lowest BCUT2D eigenvalue weighted by Crippen LogP contribution is -2.30. The first-order valence-electron chi connectivity index (χ1n) is 7.96. The zero-order valence-electron chi connectivity index (χ0n) is 14.1. The molecule has 0 saturated heterocycles. The first kappa shape index (κ1) is 18.4. The number of aryl methyl sites for hydroxylation is 1. The van der Waals surface area contributed by atoms with Crippen LogP contribution in [0.15, 0.2) is 77.7 Å². The molecule has 0 spiro atoms. The summed E-state index contributed by atoms with van der Waals surface area (Å²) in [6, 6.07) is 19.0. The summed E-state index contributed by atoms with van der Waals surface area (Å²) in [5, 5.41) is 0.562. The smallest absolute Gasteiger partial charge is 0.262 e. The molecule has 3 aromatic rings. The molecule has 0 bridgehead atoms. The average Bonchev–Trinajstić information content (AvgIpc) is 2.61. The van der Waals surface area contributed by atoms with Crippen molar-refractivity contribution in [3.63, 3.8) is 0 Å². The van der Waals surface area contributed by atoms with Gasteiger partial charge in [0.15, 0.2) is 0 Å². The van der Waals surface area contributed by atoms with Gasteiger partial charge in [-0.25, -0.2) is 12.8 Å². The summed E-state index contributed by atoms with van der Waals surface area (Å²) in [6.45, 7) is 1.95. The van der Waals surface area contributed by atoms with Crippen LogP contribution in [0.25, 0.3) is 0 Å². The van der Waals surface area contributed by atoms with Crippen LogP contribution in [-0.2, 0) is 16.6 Å². The minimum atomic E-state index is -3.86. The first-order valence-corrected chi connectivity index (χ1v) is 9.77. The van der Waals surface area contributed by atoms with E-state index < -0.39 is 15.8 Å². The molecule has 0 amide bonds. The van der Waals surface area contributed by atoms with Gasteiger partial charge in [-0.3, -0.25) is 4.31 Å². The molecule has 3 aromatic carbocycles. The Morgan fingerprint density at radius 2 is 1.62 bits per heavy atom. The second-order valence-corrected chi connectivity index (χ2v) is 8.23. The topological polar surface area (TPSA) is 37.4 Å². The Morgan fingerprint density at radius 3 is 2.23 bits per heavy atom. The van der Waals surface area contributed by atoms with Crippen LogP contribution in [0.3, 0.4) is 0 Å². The number of benzene rings is 3. The number of rotatable bonds is 5. The van der Waals surface area contributed by atoms with Gasteiger partial charge < -0.3 is 0 Å². The van der Waals surface area contributed by atoms with Crippen LogP contribution in [0.2, 0.25) is 5.02 Å². The van der Waals surface area contributed by atoms with Crippen LogP contribution in [-0.4, -0.2) is 8.42 Å². The number of hydrogen-bond donors (Lipinski definition) is 0. The molecule has 0 aromatic heterocycles. The highest BCUT2D eigenvalue weighted by Gasteiger charge is 2.25. The highest BCUT2D eigenvalue weighted by Crippen LogP contribution is 2.27. The van der Waals surface area contributed by atoms with Gasteiger partial charge in [0.25, 0.3) is 10.0 Å². The van der Waals surface area contributed by atoms with Gasteiger partial charge in [-0.1, -0.05) is 47.5 Å². The van der Waals surface area contributed by atoms with Gasteiger partial charge in [0.05, 0.1) is 17.1 Å². The van der Waals surface area contributed by atoms with Gasteiger partial charge in [0.1, 0.15) is 5.82 Å².